The van der Waals surface area contributed by atoms with Crippen molar-refractivity contribution in [2.45, 2.75) is 96.9 Å². The maximum Gasteiger partial charge on any atom is 0.305 e. The number of unbranched alkanes of at least 4 members (excludes halogenated alkanes) is 4. The third-order valence-corrected chi connectivity index (χ3v) is 4.72. The van der Waals surface area contributed by atoms with E-state index in [2.05, 4.69) is 55.5 Å². The van der Waals surface area contributed by atoms with Gasteiger partial charge in [-0.1, -0.05) is 68.4 Å². The standard InChI is InChI=1S/C26H42O4/c1-4-5-6-7-8-9-10-11-12-13-14-15-16-17-18-19-20-21-25(27)28-22-24-23-29-26(2,3)30-24/h5-6,8-9,11-12,14-15,24H,4,7,10,13,16-23H2,1-3H3/b6-5-,9-8-,12-11-,15-14-. The van der Waals surface area contributed by atoms with Gasteiger partial charge < -0.3 is 14.2 Å². The summed E-state index contributed by atoms with van der Waals surface area (Å²) in [5.74, 6) is -0.702. The number of rotatable bonds is 16. The van der Waals surface area contributed by atoms with Crippen molar-refractivity contribution in [2.75, 3.05) is 13.2 Å². The van der Waals surface area contributed by atoms with Crippen molar-refractivity contribution in [2.24, 2.45) is 0 Å². The van der Waals surface area contributed by atoms with Crippen molar-refractivity contribution >= 4 is 5.97 Å². The van der Waals surface area contributed by atoms with Crippen molar-refractivity contribution in [1.82, 2.24) is 0 Å². The fourth-order valence-electron chi connectivity index (χ4n) is 3.09. The maximum atomic E-state index is 11.8. The largest absolute Gasteiger partial charge is 0.463 e. The first-order valence-corrected chi connectivity index (χ1v) is 11.6. The van der Waals surface area contributed by atoms with Crippen molar-refractivity contribution in [3.05, 3.63) is 48.6 Å². The molecule has 170 valence electrons. The van der Waals surface area contributed by atoms with Gasteiger partial charge >= 0.3 is 5.97 Å². The lowest BCUT2D eigenvalue weighted by atomic mass is 10.1. The highest BCUT2D eigenvalue weighted by atomic mass is 16.7. The number of hydrogen-bond donors (Lipinski definition) is 0. The minimum absolute atomic E-state index is 0.137. The lowest BCUT2D eigenvalue weighted by Crippen LogP contribution is -2.25. The summed E-state index contributed by atoms with van der Waals surface area (Å²) >= 11 is 0. The van der Waals surface area contributed by atoms with Gasteiger partial charge in [0.1, 0.15) is 12.7 Å². The molecule has 0 N–H and O–H groups in total. The molecule has 1 unspecified atom stereocenters. The Balaban J connectivity index is 1.88. The molecule has 1 rings (SSSR count). The van der Waals surface area contributed by atoms with Crippen molar-refractivity contribution < 1.29 is 19.0 Å². The highest BCUT2D eigenvalue weighted by molar-refractivity contribution is 5.69. The molecule has 0 bridgehead atoms. The normalized spacial score (nSPS) is 19.1. The summed E-state index contributed by atoms with van der Waals surface area (Å²) in [5.41, 5.74) is 0. The molecular weight excluding hydrogens is 376 g/mol. The van der Waals surface area contributed by atoms with Gasteiger partial charge in [0.15, 0.2) is 5.79 Å². The first-order valence-electron chi connectivity index (χ1n) is 11.6. The molecular formula is C26H42O4. The van der Waals surface area contributed by atoms with Crippen LogP contribution >= 0.6 is 0 Å². The van der Waals surface area contributed by atoms with E-state index in [1.54, 1.807) is 0 Å². The second-order valence-corrected chi connectivity index (χ2v) is 8.09. The summed E-state index contributed by atoms with van der Waals surface area (Å²) in [6, 6.07) is 0. The molecule has 0 saturated carbocycles. The number of ether oxygens (including phenoxy) is 3. The van der Waals surface area contributed by atoms with E-state index in [9.17, 15) is 4.79 Å². The van der Waals surface area contributed by atoms with Crippen molar-refractivity contribution in [3.8, 4) is 0 Å². The van der Waals surface area contributed by atoms with Crippen LogP contribution in [0, 0.1) is 0 Å². The Morgan fingerprint density at radius 3 is 2.10 bits per heavy atom. The van der Waals surface area contributed by atoms with Gasteiger partial charge in [-0.25, -0.2) is 0 Å². The molecule has 1 heterocycles. The van der Waals surface area contributed by atoms with Crippen LogP contribution in [0.2, 0.25) is 0 Å². The fraction of sp³-hybridized carbons (Fsp3) is 0.654. The Morgan fingerprint density at radius 1 is 0.900 bits per heavy atom. The van der Waals surface area contributed by atoms with Crippen LogP contribution in [0.1, 0.15) is 85.0 Å². The molecule has 4 nitrogen and oxygen atoms in total. The van der Waals surface area contributed by atoms with Crippen LogP contribution in [-0.4, -0.2) is 31.1 Å². The molecule has 0 aromatic heterocycles. The average molecular weight is 419 g/mol. The summed E-state index contributed by atoms with van der Waals surface area (Å²) in [5, 5.41) is 0. The topological polar surface area (TPSA) is 44.8 Å². The molecule has 0 aromatic carbocycles. The van der Waals surface area contributed by atoms with Crippen LogP contribution in [0.25, 0.3) is 0 Å². The number of carbonyl (C=O) groups is 1. The Bertz CT molecular complexity index is 557. The van der Waals surface area contributed by atoms with Crippen LogP contribution in [0.15, 0.2) is 48.6 Å². The van der Waals surface area contributed by atoms with Gasteiger partial charge in [0.25, 0.3) is 0 Å². The molecule has 0 aromatic rings. The van der Waals surface area contributed by atoms with E-state index in [4.69, 9.17) is 14.2 Å². The van der Waals surface area contributed by atoms with E-state index in [1.807, 2.05) is 13.8 Å². The van der Waals surface area contributed by atoms with Gasteiger partial charge in [0, 0.05) is 6.42 Å². The second kappa shape index (κ2) is 17.1. The van der Waals surface area contributed by atoms with Gasteiger partial charge in [0.05, 0.1) is 6.61 Å². The first-order chi connectivity index (χ1) is 14.5. The molecule has 0 spiro atoms. The third-order valence-electron chi connectivity index (χ3n) is 4.72. The summed E-state index contributed by atoms with van der Waals surface area (Å²) in [6.07, 6.45) is 27.7. The molecule has 1 atom stereocenters. The number of carbonyl (C=O) groups excluding carboxylic acids is 1. The Labute approximate surface area is 184 Å². The third kappa shape index (κ3) is 15.2. The predicted octanol–water partition coefficient (Wildman–Crippen LogP) is 6.83. The minimum Gasteiger partial charge on any atom is -0.463 e. The SMILES string of the molecule is CC/C=C\C/C=C\C/C=C\C/C=C\CCCCCCC(=O)OCC1COC(C)(C)O1. The Morgan fingerprint density at radius 2 is 1.50 bits per heavy atom. The van der Waals surface area contributed by atoms with Gasteiger partial charge in [-0.15, -0.1) is 0 Å². The van der Waals surface area contributed by atoms with Gasteiger partial charge in [-0.05, 0) is 58.8 Å². The average Bonchev–Trinajstić information content (AvgIpc) is 3.07. The molecule has 4 heteroatoms. The van der Waals surface area contributed by atoms with E-state index in [0.29, 0.717) is 13.0 Å². The summed E-state index contributed by atoms with van der Waals surface area (Å²) < 4.78 is 16.4. The minimum atomic E-state index is -0.565. The molecule has 1 aliphatic heterocycles. The molecule has 0 amide bonds. The Kier molecular flexibility index (Phi) is 15.0. The zero-order valence-electron chi connectivity index (χ0n) is 19.3. The van der Waals surface area contributed by atoms with Crippen LogP contribution in [0.5, 0.6) is 0 Å². The van der Waals surface area contributed by atoms with Gasteiger partial charge in [-0.2, -0.15) is 0 Å². The quantitative estimate of drug-likeness (QED) is 0.157. The molecule has 0 radical (unpaired) electrons. The maximum absolute atomic E-state index is 11.8. The van der Waals surface area contributed by atoms with Crippen LogP contribution in [0.4, 0.5) is 0 Å². The monoisotopic (exact) mass is 418 g/mol. The summed E-state index contributed by atoms with van der Waals surface area (Å²) in [6.45, 7) is 6.66. The smallest absolute Gasteiger partial charge is 0.305 e. The second-order valence-electron chi connectivity index (χ2n) is 8.09. The van der Waals surface area contributed by atoms with Crippen molar-refractivity contribution in [1.29, 1.82) is 0 Å². The highest BCUT2D eigenvalue weighted by Gasteiger charge is 2.33. The lowest BCUT2D eigenvalue weighted by molar-refractivity contribution is -0.158. The van der Waals surface area contributed by atoms with E-state index in [1.165, 1.54) is 6.42 Å². The van der Waals surface area contributed by atoms with Crippen LogP contribution in [0.3, 0.4) is 0 Å². The van der Waals surface area contributed by atoms with E-state index in [-0.39, 0.29) is 18.7 Å². The van der Waals surface area contributed by atoms with Crippen molar-refractivity contribution in [3.63, 3.8) is 0 Å². The molecule has 30 heavy (non-hydrogen) atoms. The first kappa shape index (κ1) is 26.4. The molecule has 0 aliphatic carbocycles. The lowest BCUT2D eigenvalue weighted by Gasteiger charge is -2.16. The van der Waals surface area contributed by atoms with Crippen LogP contribution in [-0.2, 0) is 19.0 Å². The fourth-order valence-corrected chi connectivity index (χ4v) is 3.09. The van der Waals surface area contributed by atoms with Crippen LogP contribution < -0.4 is 0 Å². The predicted molar refractivity (Wildman–Crippen MR) is 124 cm³/mol. The summed E-state index contributed by atoms with van der Waals surface area (Å²) in [4.78, 5) is 11.8. The molecule has 1 aliphatic rings. The zero-order chi connectivity index (χ0) is 21.9. The van der Waals surface area contributed by atoms with Gasteiger partial charge in [0.2, 0.25) is 0 Å². The Hall–Kier alpha value is -1.65. The van der Waals surface area contributed by atoms with E-state index < -0.39 is 5.79 Å². The molecule has 1 fully saturated rings. The molecule has 1 saturated heterocycles. The number of esters is 1. The van der Waals surface area contributed by atoms with E-state index in [0.717, 1.165) is 51.4 Å². The van der Waals surface area contributed by atoms with Gasteiger partial charge in [-0.3, -0.25) is 4.79 Å². The van der Waals surface area contributed by atoms with E-state index >= 15 is 0 Å². The zero-order valence-corrected chi connectivity index (χ0v) is 19.3. The number of hydrogen-bond acceptors (Lipinski definition) is 4. The highest BCUT2D eigenvalue weighted by Crippen LogP contribution is 2.22. The summed E-state index contributed by atoms with van der Waals surface area (Å²) in [7, 11) is 0. The number of allylic oxidation sites excluding steroid dienone is 8.